The predicted octanol–water partition coefficient (Wildman–Crippen LogP) is 5.10. The van der Waals surface area contributed by atoms with Gasteiger partial charge in [-0.15, -0.1) is 4.52 Å². The highest BCUT2D eigenvalue weighted by atomic mass is 35.5. The number of benzene rings is 2. The first-order chi connectivity index (χ1) is 14.4. The van der Waals surface area contributed by atoms with Gasteiger partial charge in [0.2, 0.25) is 5.91 Å². The van der Waals surface area contributed by atoms with E-state index in [0.29, 0.717) is 11.6 Å². The van der Waals surface area contributed by atoms with E-state index in [2.05, 4.69) is 5.32 Å². The standard InChI is InChI=1S/C18H15ClF3N2O6P/c1-3-11-6-14(24(26)27)17(31(28)29-9-23-10(2)25)8-16(11)30-15-5-4-12(7-13(15)19)18(20,21)22/h4-8H,3,9H2,1-2H3/p+1. The molecule has 0 aromatic heterocycles. The number of ether oxygens (including phenoxy) is 1. The van der Waals surface area contributed by atoms with Crippen molar-refractivity contribution in [1.29, 1.82) is 0 Å². The Hall–Kier alpha value is -2.75. The lowest BCUT2D eigenvalue weighted by atomic mass is 10.1. The Labute approximate surface area is 180 Å². The number of halogens is 4. The molecule has 0 saturated heterocycles. The van der Waals surface area contributed by atoms with E-state index in [-0.39, 0.29) is 28.2 Å². The number of aryl methyl sites for hydroxylation is 1. The maximum atomic E-state index is 12.8. The molecular formula is C18H16ClF3N2O6P+. The maximum absolute atomic E-state index is 12.8. The van der Waals surface area contributed by atoms with Crippen molar-refractivity contribution >= 4 is 36.5 Å². The summed E-state index contributed by atoms with van der Waals surface area (Å²) in [7, 11) is -2.76. The largest absolute Gasteiger partial charge is 0.558 e. The van der Waals surface area contributed by atoms with Crippen molar-refractivity contribution in [2.75, 3.05) is 6.73 Å². The molecule has 8 nitrogen and oxygen atoms in total. The third-order valence-electron chi connectivity index (χ3n) is 3.91. The van der Waals surface area contributed by atoms with E-state index in [9.17, 15) is 32.6 Å². The first-order valence-corrected chi connectivity index (χ1v) is 10.2. The van der Waals surface area contributed by atoms with Crippen LogP contribution in [0.3, 0.4) is 0 Å². The van der Waals surface area contributed by atoms with E-state index in [1.165, 1.54) is 6.92 Å². The summed E-state index contributed by atoms with van der Waals surface area (Å²) in [6.45, 7) is 2.43. The second-order valence-electron chi connectivity index (χ2n) is 6.07. The lowest BCUT2D eigenvalue weighted by Gasteiger charge is -2.13. The molecule has 31 heavy (non-hydrogen) atoms. The first-order valence-electron chi connectivity index (χ1n) is 8.64. The number of nitrogens with one attached hydrogen (secondary N) is 1. The van der Waals surface area contributed by atoms with Crippen molar-refractivity contribution in [3.63, 3.8) is 0 Å². The summed E-state index contributed by atoms with van der Waals surface area (Å²) in [6, 6.07) is 4.72. The van der Waals surface area contributed by atoms with Gasteiger partial charge < -0.3 is 10.1 Å². The van der Waals surface area contributed by atoms with Gasteiger partial charge in [0.1, 0.15) is 11.5 Å². The summed E-state index contributed by atoms with van der Waals surface area (Å²) in [6.07, 6.45) is -4.33. The fourth-order valence-electron chi connectivity index (χ4n) is 2.41. The van der Waals surface area contributed by atoms with Crippen molar-refractivity contribution in [2.24, 2.45) is 0 Å². The SMILES string of the molecule is CCc1cc([N+](=O)[O-])c([P+](=O)OCNC(C)=O)cc1Oc1ccc(C(F)(F)F)cc1Cl. The molecule has 0 radical (unpaired) electrons. The van der Waals surface area contributed by atoms with Crippen LogP contribution >= 0.6 is 19.6 Å². The highest BCUT2D eigenvalue weighted by Gasteiger charge is 2.36. The number of nitro benzene ring substituents is 1. The van der Waals surface area contributed by atoms with Gasteiger partial charge in [0, 0.05) is 24.6 Å². The number of rotatable bonds is 8. The number of amides is 1. The third-order valence-corrected chi connectivity index (χ3v) is 5.32. The number of hydrogen-bond acceptors (Lipinski definition) is 6. The summed E-state index contributed by atoms with van der Waals surface area (Å²) < 4.78 is 61.5. The molecule has 2 aromatic carbocycles. The fraction of sp³-hybridized carbons (Fsp3) is 0.278. The van der Waals surface area contributed by atoms with Crippen molar-refractivity contribution in [3.05, 3.63) is 56.6 Å². The highest BCUT2D eigenvalue weighted by Crippen LogP contribution is 2.39. The summed E-state index contributed by atoms with van der Waals surface area (Å²) in [5.74, 6) is -0.574. The van der Waals surface area contributed by atoms with Crippen molar-refractivity contribution in [3.8, 4) is 11.5 Å². The second-order valence-corrected chi connectivity index (χ2v) is 7.73. The molecule has 1 atom stereocenters. The molecule has 0 fully saturated rings. The zero-order valence-corrected chi connectivity index (χ0v) is 17.8. The quantitative estimate of drug-likeness (QED) is 0.244. The van der Waals surface area contributed by atoms with Crippen molar-refractivity contribution in [1.82, 2.24) is 5.32 Å². The number of nitro groups is 1. The molecule has 0 heterocycles. The van der Waals surface area contributed by atoms with Gasteiger partial charge in [-0.1, -0.05) is 18.5 Å². The number of carbonyl (C=O) groups excluding carboxylic acids is 1. The maximum Gasteiger partial charge on any atom is 0.558 e. The molecule has 0 aliphatic rings. The molecule has 0 bridgehead atoms. The van der Waals surface area contributed by atoms with Gasteiger partial charge in [-0.2, -0.15) is 13.2 Å². The van der Waals surface area contributed by atoms with E-state index in [4.69, 9.17) is 20.9 Å². The normalized spacial score (nSPS) is 11.7. The zero-order valence-electron chi connectivity index (χ0n) is 16.2. The van der Waals surface area contributed by atoms with Gasteiger partial charge in [0.25, 0.3) is 0 Å². The first kappa shape index (κ1) is 24.5. The molecule has 2 rings (SSSR count). The van der Waals surface area contributed by atoms with E-state index in [1.54, 1.807) is 6.92 Å². The molecule has 1 N–H and O–H groups in total. The van der Waals surface area contributed by atoms with Gasteiger partial charge in [-0.05, 0) is 29.2 Å². The van der Waals surface area contributed by atoms with E-state index < -0.39 is 43.0 Å². The van der Waals surface area contributed by atoms with Crippen LogP contribution in [0.25, 0.3) is 0 Å². The van der Waals surface area contributed by atoms with Gasteiger partial charge in [-0.3, -0.25) is 14.9 Å². The Morgan fingerprint density at radius 3 is 2.45 bits per heavy atom. The van der Waals surface area contributed by atoms with Crippen molar-refractivity contribution < 1.29 is 36.7 Å². The van der Waals surface area contributed by atoms with Crippen LogP contribution in [-0.2, 0) is 26.5 Å². The smallest absolute Gasteiger partial charge is 0.455 e. The Bertz CT molecular complexity index is 1030. The second kappa shape index (κ2) is 10.0. The molecule has 1 amide bonds. The van der Waals surface area contributed by atoms with Crippen LogP contribution in [0.2, 0.25) is 5.02 Å². The third kappa shape index (κ3) is 6.36. The van der Waals surface area contributed by atoms with Crippen LogP contribution in [0.1, 0.15) is 25.0 Å². The minimum Gasteiger partial charge on any atom is -0.455 e. The molecule has 0 spiro atoms. The average Bonchev–Trinajstić information content (AvgIpc) is 2.67. The summed E-state index contributed by atoms with van der Waals surface area (Å²) in [4.78, 5) is 21.6. The highest BCUT2D eigenvalue weighted by molar-refractivity contribution is 7.48. The van der Waals surface area contributed by atoms with Crippen LogP contribution in [0.5, 0.6) is 11.5 Å². The minimum atomic E-state index is -4.60. The predicted molar refractivity (Wildman–Crippen MR) is 106 cm³/mol. The number of nitrogens with zero attached hydrogens (tertiary/aromatic N) is 1. The van der Waals surface area contributed by atoms with Crippen LogP contribution in [0, 0.1) is 10.1 Å². The van der Waals surface area contributed by atoms with Crippen LogP contribution in [0.4, 0.5) is 18.9 Å². The summed E-state index contributed by atoms with van der Waals surface area (Å²) in [5, 5.41) is 13.0. The van der Waals surface area contributed by atoms with Crippen LogP contribution in [-0.4, -0.2) is 17.6 Å². The topological polar surface area (TPSA) is 108 Å². The molecule has 0 aliphatic heterocycles. The van der Waals surface area contributed by atoms with Gasteiger partial charge in [0.15, 0.2) is 6.73 Å². The lowest BCUT2D eigenvalue weighted by molar-refractivity contribution is -0.383. The van der Waals surface area contributed by atoms with Crippen molar-refractivity contribution in [2.45, 2.75) is 26.4 Å². The van der Waals surface area contributed by atoms with Gasteiger partial charge in [-0.25, -0.2) is 0 Å². The van der Waals surface area contributed by atoms with Crippen LogP contribution in [0.15, 0.2) is 30.3 Å². The lowest BCUT2D eigenvalue weighted by Crippen LogP contribution is -2.22. The molecular weight excluding hydrogens is 464 g/mol. The number of hydrogen-bond donors (Lipinski definition) is 1. The molecule has 1 unspecified atom stereocenters. The van der Waals surface area contributed by atoms with Crippen LogP contribution < -0.4 is 15.4 Å². The monoisotopic (exact) mass is 479 g/mol. The Kier molecular flexibility index (Phi) is 7.94. The minimum absolute atomic E-state index is 0.0104. The molecule has 2 aromatic rings. The Morgan fingerprint density at radius 1 is 1.26 bits per heavy atom. The zero-order chi connectivity index (χ0) is 23.3. The van der Waals surface area contributed by atoms with E-state index >= 15 is 0 Å². The number of alkyl halides is 3. The molecule has 0 saturated carbocycles. The van der Waals surface area contributed by atoms with Gasteiger partial charge >= 0.3 is 25.2 Å². The van der Waals surface area contributed by atoms with E-state index in [1.807, 2.05) is 0 Å². The molecule has 13 heteroatoms. The Morgan fingerprint density at radius 2 is 1.94 bits per heavy atom. The molecule has 0 aliphatic carbocycles. The average molecular weight is 480 g/mol. The molecule has 166 valence electrons. The summed E-state index contributed by atoms with van der Waals surface area (Å²) in [5.41, 5.74) is -1.14. The number of carbonyl (C=O) groups is 1. The summed E-state index contributed by atoms with van der Waals surface area (Å²) >= 11 is 5.91. The fourth-order valence-corrected chi connectivity index (χ4v) is 3.50. The van der Waals surface area contributed by atoms with E-state index in [0.717, 1.165) is 24.3 Å². The Balaban J connectivity index is 2.44. The van der Waals surface area contributed by atoms with Gasteiger partial charge in [0.05, 0.1) is 15.5 Å².